The summed E-state index contributed by atoms with van der Waals surface area (Å²) >= 11 is 0. The number of sulfone groups is 1. The summed E-state index contributed by atoms with van der Waals surface area (Å²) in [4.78, 5) is 0. The Morgan fingerprint density at radius 2 is 1.64 bits per heavy atom. The third-order valence-electron chi connectivity index (χ3n) is 3.06. The SMILES string of the molecule is CC(C)C1[C@H]2CS(=O)(=O)C[C@@H]12. The molecule has 3 atom stereocenters. The molecule has 1 saturated carbocycles. The molecule has 2 fully saturated rings. The predicted molar refractivity (Wildman–Crippen MR) is 44.0 cm³/mol. The van der Waals surface area contributed by atoms with E-state index in [0.717, 1.165) is 5.92 Å². The topological polar surface area (TPSA) is 34.1 Å². The average Bonchev–Trinajstić information content (AvgIpc) is 2.31. The largest absolute Gasteiger partial charge is 0.229 e. The minimum absolute atomic E-state index is 0.473. The molecule has 64 valence electrons. The summed E-state index contributed by atoms with van der Waals surface area (Å²) < 4.78 is 22.1. The van der Waals surface area contributed by atoms with E-state index in [2.05, 4.69) is 13.8 Å². The van der Waals surface area contributed by atoms with E-state index in [1.807, 2.05) is 0 Å². The van der Waals surface area contributed by atoms with Gasteiger partial charge in [0.25, 0.3) is 0 Å². The van der Waals surface area contributed by atoms with Crippen LogP contribution in [0.25, 0.3) is 0 Å². The standard InChI is InChI=1S/C8H14O2S/c1-5(2)8-6-3-11(9,10)4-7(6)8/h5-8H,3-4H2,1-2H3/t6-,7+,8?. The molecule has 2 aliphatic rings. The molecule has 0 bridgehead atoms. The first-order valence-electron chi connectivity index (χ1n) is 4.22. The van der Waals surface area contributed by atoms with E-state index in [-0.39, 0.29) is 0 Å². The van der Waals surface area contributed by atoms with E-state index in [1.54, 1.807) is 0 Å². The molecule has 1 aliphatic carbocycles. The van der Waals surface area contributed by atoms with Crippen LogP contribution in [0.5, 0.6) is 0 Å². The van der Waals surface area contributed by atoms with Gasteiger partial charge in [0.15, 0.2) is 9.84 Å². The molecule has 0 aromatic rings. The third-order valence-corrected chi connectivity index (χ3v) is 4.85. The van der Waals surface area contributed by atoms with Gasteiger partial charge in [-0.1, -0.05) is 13.8 Å². The molecule has 0 aromatic carbocycles. The Bertz CT molecular complexity index is 248. The Morgan fingerprint density at radius 3 is 2.00 bits per heavy atom. The number of hydrogen-bond donors (Lipinski definition) is 0. The second-order valence-corrected chi connectivity index (χ2v) is 6.38. The Kier molecular flexibility index (Phi) is 1.38. The first-order valence-corrected chi connectivity index (χ1v) is 6.04. The minimum Gasteiger partial charge on any atom is -0.229 e. The zero-order valence-electron chi connectivity index (χ0n) is 6.95. The molecule has 0 spiro atoms. The van der Waals surface area contributed by atoms with Gasteiger partial charge in [0.05, 0.1) is 11.5 Å². The molecule has 11 heavy (non-hydrogen) atoms. The van der Waals surface area contributed by atoms with E-state index < -0.39 is 9.84 Å². The number of fused-ring (bicyclic) bond motifs is 1. The summed E-state index contributed by atoms with van der Waals surface area (Å²) in [6.45, 7) is 4.38. The third kappa shape index (κ3) is 1.10. The lowest BCUT2D eigenvalue weighted by molar-refractivity contribution is 0.502. The van der Waals surface area contributed by atoms with E-state index in [9.17, 15) is 8.42 Å². The van der Waals surface area contributed by atoms with Crippen molar-refractivity contribution in [2.24, 2.45) is 23.7 Å². The van der Waals surface area contributed by atoms with Gasteiger partial charge in [-0.15, -0.1) is 0 Å². The lowest BCUT2D eigenvalue weighted by Crippen LogP contribution is -2.12. The summed E-state index contributed by atoms with van der Waals surface area (Å²) in [7, 11) is -2.61. The summed E-state index contributed by atoms with van der Waals surface area (Å²) in [6.07, 6.45) is 0. The van der Waals surface area contributed by atoms with Gasteiger partial charge in [-0.3, -0.25) is 0 Å². The molecule has 1 unspecified atom stereocenters. The molecule has 1 saturated heterocycles. The van der Waals surface area contributed by atoms with Gasteiger partial charge in [-0.05, 0) is 23.7 Å². The molecule has 2 rings (SSSR count). The fourth-order valence-corrected chi connectivity index (χ4v) is 4.84. The van der Waals surface area contributed by atoms with Gasteiger partial charge < -0.3 is 0 Å². The van der Waals surface area contributed by atoms with E-state index in [1.165, 1.54) is 0 Å². The van der Waals surface area contributed by atoms with E-state index in [4.69, 9.17) is 0 Å². The zero-order chi connectivity index (χ0) is 8.22. The highest BCUT2D eigenvalue weighted by Crippen LogP contribution is 2.56. The Balaban J connectivity index is 2.06. The van der Waals surface area contributed by atoms with Crippen molar-refractivity contribution in [3.05, 3.63) is 0 Å². The highest BCUT2D eigenvalue weighted by molar-refractivity contribution is 7.91. The Labute approximate surface area is 67.9 Å². The van der Waals surface area contributed by atoms with Crippen LogP contribution in [0.1, 0.15) is 13.8 Å². The molecule has 0 amide bonds. The molecule has 3 heteroatoms. The fourth-order valence-electron chi connectivity index (χ4n) is 2.59. The Morgan fingerprint density at radius 1 is 1.18 bits per heavy atom. The van der Waals surface area contributed by atoms with Crippen molar-refractivity contribution in [3.63, 3.8) is 0 Å². The lowest BCUT2D eigenvalue weighted by atomic mass is 10.1. The zero-order valence-corrected chi connectivity index (χ0v) is 7.76. The van der Waals surface area contributed by atoms with Crippen molar-refractivity contribution in [1.82, 2.24) is 0 Å². The summed E-state index contributed by atoms with van der Waals surface area (Å²) in [5, 5.41) is 0. The van der Waals surface area contributed by atoms with Gasteiger partial charge in [0.2, 0.25) is 0 Å². The van der Waals surface area contributed by atoms with Crippen LogP contribution >= 0.6 is 0 Å². The van der Waals surface area contributed by atoms with Gasteiger partial charge >= 0.3 is 0 Å². The first kappa shape index (κ1) is 7.59. The highest BCUT2D eigenvalue weighted by Gasteiger charge is 2.59. The van der Waals surface area contributed by atoms with Crippen molar-refractivity contribution in [2.45, 2.75) is 13.8 Å². The predicted octanol–water partition coefficient (Wildman–Crippen LogP) is 0.933. The summed E-state index contributed by atoms with van der Waals surface area (Å²) in [6, 6.07) is 0. The molecular weight excluding hydrogens is 160 g/mol. The molecule has 1 heterocycles. The van der Waals surface area contributed by atoms with Crippen LogP contribution in [0.15, 0.2) is 0 Å². The maximum atomic E-state index is 11.0. The number of hydrogen-bond acceptors (Lipinski definition) is 2. The highest BCUT2D eigenvalue weighted by atomic mass is 32.2. The van der Waals surface area contributed by atoms with Crippen LogP contribution in [0.4, 0.5) is 0 Å². The smallest absolute Gasteiger partial charge is 0.150 e. The van der Waals surface area contributed by atoms with Crippen LogP contribution in [0.3, 0.4) is 0 Å². The summed E-state index contributed by atoms with van der Waals surface area (Å²) in [5.74, 6) is 3.40. The molecular formula is C8H14O2S. The van der Waals surface area contributed by atoms with Crippen LogP contribution in [-0.4, -0.2) is 19.9 Å². The second kappa shape index (κ2) is 2.00. The molecule has 1 aliphatic heterocycles. The van der Waals surface area contributed by atoms with Crippen LogP contribution in [0.2, 0.25) is 0 Å². The molecule has 0 aromatic heterocycles. The lowest BCUT2D eigenvalue weighted by Gasteiger charge is -2.06. The van der Waals surface area contributed by atoms with Crippen molar-refractivity contribution in [3.8, 4) is 0 Å². The minimum atomic E-state index is -2.61. The van der Waals surface area contributed by atoms with Crippen molar-refractivity contribution in [2.75, 3.05) is 11.5 Å². The quantitative estimate of drug-likeness (QED) is 0.592. The van der Waals surface area contributed by atoms with Crippen molar-refractivity contribution >= 4 is 9.84 Å². The van der Waals surface area contributed by atoms with Crippen molar-refractivity contribution in [1.29, 1.82) is 0 Å². The first-order chi connectivity index (χ1) is 5.01. The van der Waals surface area contributed by atoms with Crippen molar-refractivity contribution < 1.29 is 8.42 Å². The molecule has 0 N–H and O–H groups in total. The maximum absolute atomic E-state index is 11.0. The fraction of sp³-hybridized carbons (Fsp3) is 1.00. The molecule has 0 radical (unpaired) electrons. The van der Waals surface area contributed by atoms with Gasteiger partial charge in [-0.25, -0.2) is 8.42 Å². The van der Waals surface area contributed by atoms with Gasteiger partial charge in [0.1, 0.15) is 0 Å². The van der Waals surface area contributed by atoms with Gasteiger partial charge in [-0.2, -0.15) is 0 Å². The number of rotatable bonds is 1. The van der Waals surface area contributed by atoms with Crippen LogP contribution in [-0.2, 0) is 9.84 Å². The van der Waals surface area contributed by atoms with Gasteiger partial charge in [0, 0.05) is 0 Å². The molecule has 2 nitrogen and oxygen atoms in total. The monoisotopic (exact) mass is 174 g/mol. The van der Waals surface area contributed by atoms with Crippen LogP contribution < -0.4 is 0 Å². The van der Waals surface area contributed by atoms with E-state index >= 15 is 0 Å². The average molecular weight is 174 g/mol. The maximum Gasteiger partial charge on any atom is 0.150 e. The second-order valence-electron chi connectivity index (χ2n) is 4.23. The Hall–Kier alpha value is -0.0500. The van der Waals surface area contributed by atoms with E-state index in [0.29, 0.717) is 29.3 Å². The van der Waals surface area contributed by atoms with Crippen LogP contribution in [0, 0.1) is 23.7 Å². The summed E-state index contributed by atoms with van der Waals surface area (Å²) in [5.41, 5.74) is 0. The normalized spacial score (nSPS) is 45.9.